The Morgan fingerprint density at radius 1 is 1.15 bits per heavy atom. The average molecular weight is 279 g/mol. The van der Waals surface area contributed by atoms with Crippen molar-refractivity contribution in [3.63, 3.8) is 0 Å². The number of likely N-dealkylation sites (N-methyl/N-ethyl adjacent to an activating group) is 1. The van der Waals surface area contributed by atoms with Crippen LogP contribution in [0, 0.1) is 32.4 Å². The molecule has 0 saturated carbocycles. The van der Waals surface area contributed by atoms with Gasteiger partial charge >= 0.3 is 0 Å². The van der Waals surface area contributed by atoms with Crippen LogP contribution in [-0.2, 0) is 6.42 Å². The lowest BCUT2D eigenvalue weighted by Crippen LogP contribution is -2.20. The summed E-state index contributed by atoms with van der Waals surface area (Å²) >= 11 is 0. The molecule has 1 aromatic heterocycles. The van der Waals surface area contributed by atoms with Crippen LogP contribution in [0.2, 0.25) is 0 Å². The second-order valence-electron chi connectivity index (χ2n) is 5.03. The van der Waals surface area contributed by atoms with Crippen molar-refractivity contribution in [2.24, 2.45) is 0 Å². The number of aryl methyl sites for hydroxylation is 2. The highest BCUT2D eigenvalue weighted by molar-refractivity contribution is 5.35. The lowest BCUT2D eigenvalue weighted by atomic mass is 9.95. The fourth-order valence-corrected chi connectivity index (χ4v) is 2.59. The minimum absolute atomic E-state index is 0.108. The maximum absolute atomic E-state index is 13.8. The number of rotatable bonds is 4. The van der Waals surface area contributed by atoms with E-state index in [1.165, 1.54) is 6.07 Å². The number of nitrogens with one attached hydrogen (secondary N) is 1. The van der Waals surface area contributed by atoms with Crippen LogP contribution in [0.1, 0.15) is 34.3 Å². The van der Waals surface area contributed by atoms with Gasteiger partial charge in [-0.2, -0.15) is 0 Å². The van der Waals surface area contributed by atoms with E-state index in [0.717, 1.165) is 34.8 Å². The third-order valence-corrected chi connectivity index (χ3v) is 3.75. The van der Waals surface area contributed by atoms with Gasteiger partial charge in [-0.1, -0.05) is 0 Å². The Kier molecular flexibility index (Phi) is 4.23. The monoisotopic (exact) mass is 279 g/mol. The first kappa shape index (κ1) is 14.7. The maximum Gasteiger partial charge on any atom is 0.126 e. The van der Waals surface area contributed by atoms with Crippen LogP contribution in [0.25, 0.3) is 0 Å². The number of furan rings is 1. The summed E-state index contributed by atoms with van der Waals surface area (Å²) in [6.45, 7) is 5.77. The van der Waals surface area contributed by atoms with Gasteiger partial charge in [0.05, 0.1) is 0 Å². The minimum Gasteiger partial charge on any atom is -0.466 e. The largest absolute Gasteiger partial charge is 0.466 e. The summed E-state index contributed by atoms with van der Waals surface area (Å²) in [6.07, 6.45) is 0.376. The number of benzene rings is 1. The molecule has 0 aliphatic heterocycles. The van der Waals surface area contributed by atoms with E-state index in [2.05, 4.69) is 5.32 Å². The molecule has 2 aromatic rings. The summed E-state index contributed by atoms with van der Waals surface area (Å²) in [6, 6.07) is 3.43. The van der Waals surface area contributed by atoms with Crippen LogP contribution in [0.15, 0.2) is 22.6 Å². The first-order chi connectivity index (χ1) is 9.43. The third-order valence-electron chi connectivity index (χ3n) is 3.75. The van der Waals surface area contributed by atoms with Crippen molar-refractivity contribution in [2.45, 2.75) is 33.2 Å². The quantitative estimate of drug-likeness (QED) is 0.915. The van der Waals surface area contributed by atoms with Gasteiger partial charge < -0.3 is 9.73 Å². The normalized spacial score (nSPS) is 12.7. The molecule has 0 amide bonds. The second-order valence-corrected chi connectivity index (χ2v) is 5.03. The van der Waals surface area contributed by atoms with Gasteiger partial charge in [-0.25, -0.2) is 8.78 Å². The first-order valence-corrected chi connectivity index (χ1v) is 6.61. The summed E-state index contributed by atoms with van der Waals surface area (Å²) in [7, 11) is 1.81. The number of hydrogen-bond acceptors (Lipinski definition) is 2. The molecule has 20 heavy (non-hydrogen) atoms. The first-order valence-electron chi connectivity index (χ1n) is 6.61. The second kappa shape index (κ2) is 5.75. The van der Waals surface area contributed by atoms with Crippen LogP contribution in [-0.4, -0.2) is 7.05 Å². The molecule has 0 aliphatic carbocycles. The molecule has 0 radical (unpaired) electrons. The molecule has 1 heterocycles. The lowest BCUT2D eigenvalue weighted by Gasteiger charge is -2.17. The Bertz CT molecular complexity index is 619. The Balaban J connectivity index is 2.36. The molecule has 1 atom stereocenters. The zero-order valence-electron chi connectivity index (χ0n) is 12.2. The predicted octanol–water partition coefficient (Wildman–Crippen LogP) is 3.99. The summed E-state index contributed by atoms with van der Waals surface area (Å²) in [5.41, 5.74) is 2.44. The summed E-state index contributed by atoms with van der Waals surface area (Å²) < 4.78 is 32.6. The molecular weight excluding hydrogens is 260 g/mol. The van der Waals surface area contributed by atoms with Gasteiger partial charge in [-0.3, -0.25) is 0 Å². The van der Waals surface area contributed by atoms with Crippen LogP contribution in [0.3, 0.4) is 0 Å². The van der Waals surface area contributed by atoms with Gasteiger partial charge in [0.2, 0.25) is 0 Å². The summed E-state index contributed by atoms with van der Waals surface area (Å²) in [4.78, 5) is 0. The predicted molar refractivity (Wildman–Crippen MR) is 74.8 cm³/mol. The van der Waals surface area contributed by atoms with Crippen molar-refractivity contribution in [1.82, 2.24) is 5.32 Å². The van der Waals surface area contributed by atoms with Gasteiger partial charge in [0.1, 0.15) is 23.2 Å². The highest BCUT2D eigenvalue weighted by Gasteiger charge is 2.21. The standard InChI is InChI=1S/C16H19F2NO/c1-9-10(2)20-11(3)16(9)15(19-4)8-12-7-13(17)5-6-14(12)18/h5-7,15,19H,8H2,1-4H3. The van der Waals surface area contributed by atoms with E-state index in [-0.39, 0.29) is 11.9 Å². The average Bonchev–Trinajstić information content (AvgIpc) is 2.65. The van der Waals surface area contributed by atoms with Crippen LogP contribution in [0.4, 0.5) is 8.78 Å². The summed E-state index contributed by atoms with van der Waals surface area (Å²) in [5.74, 6) is 0.865. The Hall–Kier alpha value is -1.68. The minimum atomic E-state index is -0.423. The molecule has 0 saturated heterocycles. The molecule has 1 unspecified atom stereocenters. The van der Waals surface area contributed by atoms with Crippen molar-refractivity contribution in [3.05, 3.63) is 58.0 Å². The number of halogens is 2. The van der Waals surface area contributed by atoms with E-state index >= 15 is 0 Å². The molecule has 1 N–H and O–H groups in total. The molecule has 0 fully saturated rings. The Morgan fingerprint density at radius 2 is 1.85 bits per heavy atom. The molecule has 0 aliphatic rings. The van der Waals surface area contributed by atoms with Gasteiger partial charge in [0, 0.05) is 11.6 Å². The lowest BCUT2D eigenvalue weighted by molar-refractivity contribution is 0.487. The van der Waals surface area contributed by atoms with Gasteiger partial charge in [0.15, 0.2) is 0 Å². The van der Waals surface area contributed by atoms with Crippen molar-refractivity contribution < 1.29 is 13.2 Å². The van der Waals surface area contributed by atoms with E-state index in [1.807, 2.05) is 27.8 Å². The zero-order valence-corrected chi connectivity index (χ0v) is 12.2. The summed E-state index contributed by atoms with van der Waals surface area (Å²) in [5, 5.41) is 3.16. The fraction of sp³-hybridized carbons (Fsp3) is 0.375. The van der Waals surface area contributed by atoms with Crippen LogP contribution in [0.5, 0.6) is 0 Å². The van der Waals surface area contributed by atoms with E-state index < -0.39 is 5.82 Å². The molecule has 2 nitrogen and oxygen atoms in total. The molecular formula is C16H19F2NO. The molecule has 0 spiro atoms. The molecule has 1 aromatic carbocycles. The van der Waals surface area contributed by atoms with E-state index in [9.17, 15) is 8.78 Å². The van der Waals surface area contributed by atoms with Crippen LogP contribution < -0.4 is 5.32 Å². The van der Waals surface area contributed by atoms with Crippen molar-refractivity contribution >= 4 is 0 Å². The number of hydrogen-bond donors (Lipinski definition) is 1. The van der Waals surface area contributed by atoms with E-state index in [4.69, 9.17) is 4.42 Å². The van der Waals surface area contributed by atoms with Gasteiger partial charge in [-0.15, -0.1) is 0 Å². The topological polar surface area (TPSA) is 25.2 Å². The highest BCUT2D eigenvalue weighted by atomic mass is 19.1. The molecule has 2 rings (SSSR count). The van der Waals surface area contributed by atoms with Gasteiger partial charge in [-0.05, 0) is 63.6 Å². The van der Waals surface area contributed by atoms with Crippen molar-refractivity contribution in [2.75, 3.05) is 7.05 Å². The van der Waals surface area contributed by atoms with E-state index in [0.29, 0.717) is 12.0 Å². The third kappa shape index (κ3) is 2.75. The molecule has 108 valence electrons. The SMILES string of the molecule is CNC(Cc1cc(F)ccc1F)c1c(C)oc(C)c1C. The highest BCUT2D eigenvalue weighted by Crippen LogP contribution is 2.29. The molecule has 0 bridgehead atoms. The fourth-order valence-electron chi connectivity index (χ4n) is 2.59. The van der Waals surface area contributed by atoms with Crippen molar-refractivity contribution in [1.29, 1.82) is 0 Å². The Labute approximate surface area is 117 Å². The van der Waals surface area contributed by atoms with Crippen LogP contribution >= 0.6 is 0 Å². The van der Waals surface area contributed by atoms with E-state index in [1.54, 1.807) is 0 Å². The zero-order chi connectivity index (χ0) is 14.9. The van der Waals surface area contributed by atoms with Gasteiger partial charge in [0.25, 0.3) is 0 Å². The Morgan fingerprint density at radius 3 is 2.40 bits per heavy atom. The maximum atomic E-state index is 13.8. The molecule has 4 heteroatoms. The van der Waals surface area contributed by atoms with Crippen molar-refractivity contribution in [3.8, 4) is 0 Å². The smallest absolute Gasteiger partial charge is 0.126 e.